The second kappa shape index (κ2) is 6.24. The van der Waals surface area contributed by atoms with E-state index < -0.39 is 12.1 Å². The number of hydrogen-bond acceptors (Lipinski definition) is 4. The Hall–Kier alpha value is -2.59. The summed E-state index contributed by atoms with van der Waals surface area (Å²) in [7, 11) is 0. The van der Waals surface area contributed by atoms with Crippen molar-refractivity contribution in [3.05, 3.63) is 29.3 Å². The predicted molar refractivity (Wildman–Crippen MR) is 74.1 cm³/mol. The van der Waals surface area contributed by atoms with Crippen molar-refractivity contribution in [3.63, 3.8) is 0 Å². The van der Waals surface area contributed by atoms with Crippen LogP contribution in [0.25, 0.3) is 0 Å². The maximum absolute atomic E-state index is 12.2. The first-order valence-electron chi connectivity index (χ1n) is 6.43. The van der Waals surface area contributed by atoms with E-state index in [1.54, 1.807) is 19.1 Å². The molecule has 1 unspecified atom stereocenters. The monoisotopic (exact) mass is 289 g/mol. The number of morpholine rings is 1. The lowest BCUT2D eigenvalue weighted by molar-refractivity contribution is 0.0181. The molecule has 7 heteroatoms. The molecule has 1 heterocycles. The van der Waals surface area contributed by atoms with Crippen molar-refractivity contribution < 1.29 is 19.4 Å². The number of nitrogens with one attached hydrogen (secondary N) is 1. The lowest BCUT2D eigenvalue weighted by Gasteiger charge is -2.30. The van der Waals surface area contributed by atoms with Crippen LogP contribution in [0.1, 0.15) is 15.9 Å². The molecule has 7 nitrogen and oxygen atoms in total. The summed E-state index contributed by atoms with van der Waals surface area (Å²) in [5.41, 5.74) is 1.08. The molecular formula is C14H15N3O4. The van der Waals surface area contributed by atoms with Crippen LogP contribution in [0, 0.1) is 18.3 Å². The molecule has 2 N–H and O–H groups in total. The molecule has 1 saturated heterocycles. The van der Waals surface area contributed by atoms with Gasteiger partial charge in [-0.3, -0.25) is 0 Å². The predicted octanol–water partition coefficient (Wildman–Crippen LogP) is 1.45. The normalized spacial score (nSPS) is 17.9. The number of carbonyl (C=O) groups is 2. The second-order valence-corrected chi connectivity index (χ2v) is 4.65. The van der Waals surface area contributed by atoms with E-state index in [4.69, 9.17) is 15.1 Å². The smallest absolute Gasteiger partial charge is 0.336 e. The highest BCUT2D eigenvalue weighted by Crippen LogP contribution is 2.19. The van der Waals surface area contributed by atoms with Crippen molar-refractivity contribution in [3.8, 4) is 6.07 Å². The number of rotatable bonds is 2. The molecule has 0 radical (unpaired) electrons. The molecule has 1 atom stereocenters. The summed E-state index contributed by atoms with van der Waals surface area (Å²) < 4.78 is 5.17. The number of nitrogens with zero attached hydrogens (tertiary/aromatic N) is 2. The molecule has 0 saturated carbocycles. The number of carboxylic acids is 1. The van der Waals surface area contributed by atoms with E-state index in [0.717, 1.165) is 0 Å². The molecule has 110 valence electrons. The molecule has 0 aromatic heterocycles. The van der Waals surface area contributed by atoms with Gasteiger partial charge in [0.2, 0.25) is 0 Å². The molecular weight excluding hydrogens is 274 g/mol. The van der Waals surface area contributed by atoms with E-state index in [2.05, 4.69) is 5.32 Å². The van der Waals surface area contributed by atoms with E-state index in [1.165, 1.54) is 11.0 Å². The van der Waals surface area contributed by atoms with Crippen LogP contribution in [-0.2, 0) is 4.74 Å². The van der Waals surface area contributed by atoms with E-state index in [0.29, 0.717) is 24.4 Å². The van der Waals surface area contributed by atoms with Crippen LogP contribution >= 0.6 is 0 Å². The number of ether oxygens (including phenoxy) is 1. The lowest BCUT2D eigenvalue weighted by Crippen LogP contribution is -2.47. The largest absolute Gasteiger partial charge is 0.478 e. The summed E-state index contributed by atoms with van der Waals surface area (Å²) in [4.78, 5) is 24.7. The molecule has 0 aliphatic carbocycles. The van der Waals surface area contributed by atoms with Gasteiger partial charge in [-0.15, -0.1) is 0 Å². The fourth-order valence-corrected chi connectivity index (χ4v) is 2.11. The average Bonchev–Trinajstić information content (AvgIpc) is 2.49. The van der Waals surface area contributed by atoms with Gasteiger partial charge in [-0.1, -0.05) is 6.07 Å². The average molecular weight is 289 g/mol. The third kappa shape index (κ3) is 3.30. The molecule has 1 aliphatic rings. The van der Waals surface area contributed by atoms with E-state index in [9.17, 15) is 9.59 Å². The number of hydrogen-bond donors (Lipinski definition) is 2. The highest BCUT2D eigenvalue weighted by atomic mass is 16.5. The fourth-order valence-electron chi connectivity index (χ4n) is 2.11. The minimum Gasteiger partial charge on any atom is -0.478 e. The maximum Gasteiger partial charge on any atom is 0.336 e. The highest BCUT2D eigenvalue weighted by molar-refractivity contribution is 5.95. The van der Waals surface area contributed by atoms with Crippen LogP contribution in [0.4, 0.5) is 10.5 Å². The summed E-state index contributed by atoms with van der Waals surface area (Å²) in [5.74, 6) is -1.04. The highest BCUT2D eigenvalue weighted by Gasteiger charge is 2.24. The molecule has 21 heavy (non-hydrogen) atoms. The summed E-state index contributed by atoms with van der Waals surface area (Å²) in [6.45, 7) is 2.53. The molecule has 1 aliphatic heterocycles. The van der Waals surface area contributed by atoms with Crippen molar-refractivity contribution >= 4 is 17.7 Å². The van der Waals surface area contributed by atoms with Gasteiger partial charge in [-0.25, -0.2) is 9.59 Å². The summed E-state index contributed by atoms with van der Waals surface area (Å²) >= 11 is 0. The molecule has 2 rings (SSSR count). The van der Waals surface area contributed by atoms with Crippen LogP contribution in [0.2, 0.25) is 0 Å². The van der Waals surface area contributed by atoms with Gasteiger partial charge in [0.15, 0.2) is 6.10 Å². The summed E-state index contributed by atoms with van der Waals surface area (Å²) in [6.07, 6.45) is -0.629. The SMILES string of the molecule is Cc1c(NC(=O)N2CCOC(C#N)C2)cccc1C(=O)O. The van der Waals surface area contributed by atoms with Crippen LogP contribution < -0.4 is 5.32 Å². The molecule has 1 fully saturated rings. The quantitative estimate of drug-likeness (QED) is 0.857. The summed E-state index contributed by atoms with van der Waals surface area (Å²) in [6, 6.07) is 6.29. The maximum atomic E-state index is 12.2. The van der Waals surface area contributed by atoms with Gasteiger partial charge < -0.3 is 20.1 Å². The first-order valence-corrected chi connectivity index (χ1v) is 6.43. The molecule has 0 bridgehead atoms. The van der Waals surface area contributed by atoms with Crippen LogP contribution in [0.5, 0.6) is 0 Å². The van der Waals surface area contributed by atoms with Gasteiger partial charge in [-0.2, -0.15) is 5.26 Å². The standard InChI is InChI=1S/C14H15N3O4/c1-9-11(13(18)19)3-2-4-12(9)16-14(20)17-5-6-21-10(7-15)8-17/h2-4,10H,5-6,8H2,1H3,(H,16,20)(H,18,19). The fraction of sp³-hybridized carbons (Fsp3) is 0.357. The topological polar surface area (TPSA) is 103 Å². The van der Waals surface area contributed by atoms with Gasteiger partial charge in [0, 0.05) is 12.2 Å². The minimum atomic E-state index is -1.04. The Morgan fingerprint density at radius 1 is 1.52 bits per heavy atom. The zero-order valence-electron chi connectivity index (χ0n) is 11.5. The molecule has 1 aromatic rings. The van der Waals surface area contributed by atoms with E-state index in [-0.39, 0.29) is 18.1 Å². The third-order valence-corrected chi connectivity index (χ3v) is 3.30. The summed E-state index contributed by atoms with van der Waals surface area (Å²) in [5, 5.41) is 20.6. The number of benzene rings is 1. The molecule has 0 spiro atoms. The van der Waals surface area contributed by atoms with Crippen molar-refractivity contribution in [1.82, 2.24) is 4.90 Å². The van der Waals surface area contributed by atoms with Gasteiger partial charge in [0.1, 0.15) is 0 Å². The van der Waals surface area contributed by atoms with Gasteiger partial charge in [0.05, 0.1) is 24.8 Å². The number of urea groups is 1. The Kier molecular flexibility index (Phi) is 4.40. The Morgan fingerprint density at radius 2 is 2.29 bits per heavy atom. The molecule has 2 amide bonds. The third-order valence-electron chi connectivity index (χ3n) is 3.30. The number of anilines is 1. The van der Waals surface area contributed by atoms with Crippen molar-refractivity contribution in [2.45, 2.75) is 13.0 Å². The molecule has 1 aromatic carbocycles. The zero-order valence-corrected chi connectivity index (χ0v) is 11.5. The van der Waals surface area contributed by atoms with Gasteiger partial charge in [-0.05, 0) is 24.6 Å². The Labute approximate surface area is 121 Å². The lowest BCUT2D eigenvalue weighted by atomic mass is 10.1. The number of carboxylic acid groups (broad SMARTS) is 1. The van der Waals surface area contributed by atoms with Crippen LogP contribution in [-0.4, -0.2) is 47.8 Å². The first kappa shape index (κ1) is 14.8. The Morgan fingerprint density at radius 3 is 2.95 bits per heavy atom. The number of carbonyl (C=O) groups excluding carboxylic acids is 1. The second-order valence-electron chi connectivity index (χ2n) is 4.65. The number of aromatic carboxylic acids is 1. The van der Waals surface area contributed by atoms with E-state index in [1.807, 2.05) is 6.07 Å². The Bertz CT molecular complexity index is 609. The van der Waals surface area contributed by atoms with Crippen molar-refractivity contribution in [2.75, 3.05) is 25.0 Å². The first-order chi connectivity index (χ1) is 10.0. The Balaban J connectivity index is 2.11. The zero-order chi connectivity index (χ0) is 15.4. The van der Waals surface area contributed by atoms with Crippen molar-refractivity contribution in [2.24, 2.45) is 0 Å². The van der Waals surface area contributed by atoms with Crippen LogP contribution in [0.15, 0.2) is 18.2 Å². The minimum absolute atomic E-state index is 0.143. The van der Waals surface area contributed by atoms with Crippen LogP contribution in [0.3, 0.4) is 0 Å². The van der Waals surface area contributed by atoms with E-state index >= 15 is 0 Å². The van der Waals surface area contributed by atoms with Crippen molar-refractivity contribution in [1.29, 1.82) is 5.26 Å². The van der Waals surface area contributed by atoms with Gasteiger partial charge >= 0.3 is 12.0 Å². The number of amides is 2. The number of nitriles is 1. The van der Waals surface area contributed by atoms with Gasteiger partial charge in [0.25, 0.3) is 0 Å².